The third kappa shape index (κ3) is 2.98. The van der Waals surface area contributed by atoms with Crippen molar-refractivity contribution >= 4 is 27.6 Å². The maximum atomic E-state index is 11.9. The number of para-hydroxylation sites is 2. The van der Waals surface area contributed by atoms with Gasteiger partial charge in [-0.1, -0.05) is 12.1 Å². The average molecular weight is 326 g/mol. The lowest BCUT2D eigenvalue weighted by molar-refractivity contribution is -0.140. The van der Waals surface area contributed by atoms with Crippen LogP contribution in [0.25, 0.3) is 0 Å². The first-order valence-electron chi connectivity index (χ1n) is 6.56. The average Bonchev–Trinajstić information content (AvgIpc) is 2.89. The van der Waals surface area contributed by atoms with Gasteiger partial charge in [0.1, 0.15) is 18.8 Å². The molecule has 0 unspecified atom stereocenters. The molecular weight excluding hydrogens is 312 g/mol. The van der Waals surface area contributed by atoms with Gasteiger partial charge in [-0.3, -0.25) is 4.31 Å². The second-order valence-electron chi connectivity index (χ2n) is 4.94. The molecule has 118 valence electrons. The Morgan fingerprint density at radius 1 is 1.41 bits per heavy atom. The van der Waals surface area contributed by atoms with E-state index in [4.69, 9.17) is 9.47 Å². The van der Waals surface area contributed by atoms with Crippen molar-refractivity contribution in [3.63, 3.8) is 0 Å². The van der Waals surface area contributed by atoms with Crippen molar-refractivity contribution in [2.24, 2.45) is 5.16 Å². The summed E-state index contributed by atoms with van der Waals surface area (Å²) in [6, 6.07) is 6.88. The Morgan fingerprint density at radius 2 is 2.18 bits per heavy atom. The lowest BCUT2D eigenvalue weighted by Crippen LogP contribution is -2.45. The molecule has 2 aliphatic rings. The van der Waals surface area contributed by atoms with Crippen LogP contribution in [0.5, 0.6) is 5.75 Å². The lowest BCUT2D eigenvalue weighted by Gasteiger charge is -2.34. The normalized spacial score (nSPS) is 20.8. The van der Waals surface area contributed by atoms with Crippen molar-refractivity contribution in [2.45, 2.75) is 12.5 Å². The molecule has 0 N–H and O–H groups in total. The SMILES string of the molecule is CS(=O)(=O)N1C[C@H](COC2=NOC(=O)C2)Oc2ccccc21. The predicted octanol–water partition coefficient (Wildman–Crippen LogP) is 0.491. The van der Waals surface area contributed by atoms with Crippen LogP contribution in [-0.2, 0) is 24.4 Å². The second-order valence-corrected chi connectivity index (χ2v) is 6.84. The monoisotopic (exact) mass is 326 g/mol. The van der Waals surface area contributed by atoms with Crippen LogP contribution in [-0.4, -0.2) is 45.8 Å². The zero-order valence-corrected chi connectivity index (χ0v) is 12.6. The number of hydrogen-bond donors (Lipinski definition) is 0. The lowest BCUT2D eigenvalue weighted by atomic mass is 10.2. The number of hydrogen-bond acceptors (Lipinski definition) is 7. The summed E-state index contributed by atoms with van der Waals surface area (Å²) in [4.78, 5) is 15.3. The van der Waals surface area contributed by atoms with E-state index in [0.717, 1.165) is 6.26 Å². The van der Waals surface area contributed by atoms with Crippen LogP contribution in [0.1, 0.15) is 6.42 Å². The molecule has 3 rings (SSSR count). The molecule has 1 aromatic rings. The fraction of sp³-hybridized carbons (Fsp3) is 0.385. The van der Waals surface area contributed by atoms with Crippen LogP contribution in [0.2, 0.25) is 0 Å². The number of sulfonamides is 1. The standard InChI is InChI=1S/C13H14N2O6S/c1-22(17,18)15-7-9(8-19-12-6-13(16)21-14-12)20-11-5-3-2-4-10(11)15/h2-5,9H,6-8H2,1H3/t9-/m1/s1. The maximum Gasteiger partial charge on any atom is 0.344 e. The van der Waals surface area contributed by atoms with Crippen molar-refractivity contribution < 1.29 is 27.5 Å². The van der Waals surface area contributed by atoms with E-state index < -0.39 is 22.1 Å². The molecule has 2 aliphatic heterocycles. The summed E-state index contributed by atoms with van der Waals surface area (Å²) in [6.45, 7) is 0.188. The van der Waals surface area contributed by atoms with Crippen LogP contribution >= 0.6 is 0 Å². The first kappa shape index (κ1) is 14.6. The van der Waals surface area contributed by atoms with Gasteiger partial charge in [0, 0.05) is 0 Å². The Hall–Kier alpha value is -2.29. The maximum absolute atomic E-state index is 11.9. The number of carbonyl (C=O) groups excluding carboxylic acids is 1. The van der Waals surface area contributed by atoms with E-state index in [0.29, 0.717) is 11.4 Å². The molecule has 1 aromatic carbocycles. The zero-order valence-electron chi connectivity index (χ0n) is 11.8. The second kappa shape index (κ2) is 5.48. The number of fused-ring (bicyclic) bond motifs is 1. The van der Waals surface area contributed by atoms with Gasteiger partial charge in [-0.25, -0.2) is 13.2 Å². The first-order chi connectivity index (χ1) is 10.4. The third-order valence-corrected chi connectivity index (χ3v) is 4.32. The molecule has 0 aromatic heterocycles. The van der Waals surface area contributed by atoms with Gasteiger partial charge in [-0.15, -0.1) is 0 Å². The number of oxime groups is 1. The summed E-state index contributed by atoms with van der Waals surface area (Å²) in [6.07, 6.45) is 0.600. The predicted molar refractivity (Wildman–Crippen MR) is 77.1 cm³/mol. The Bertz CT molecular complexity index is 730. The summed E-state index contributed by atoms with van der Waals surface area (Å²) < 4.78 is 36.2. The minimum atomic E-state index is -3.43. The molecule has 22 heavy (non-hydrogen) atoms. The summed E-state index contributed by atoms with van der Waals surface area (Å²) >= 11 is 0. The third-order valence-electron chi connectivity index (χ3n) is 3.18. The van der Waals surface area contributed by atoms with Crippen LogP contribution in [0.15, 0.2) is 29.4 Å². The van der Waals surface area contributed by atoms with Gasteiger partial charge < -0.3 is 14.3 Å². The molecule has 1 atom stereocenters. The highest BCUT2D eigenvalue weighted by Gasteiger charge is 2.32. The largest absolute Gasteiger partial charge is 0.483 e. The molecule has 0 aliphatic carbocycles. The summed E-state index contributed by atoms with van der Waals surface area (Å²) in [5.41, 5.74) is 0.498. The van der Waals surface area contributed by atoms with E-state index in [1.165, 1.54) is 4.31 Å². The molecule has 2 heterocycles. The van der Waals surface area contributed by atoms with E-state index in [2.05, 4.69) is 9.99 Å². The van der Waals surface area contributed by atoms with Gasteiger partial charge in [0.2, 0.25) is 15.9 Å². The molecule has 0 saturated heterocycles. The summed E-state index contributed by atoms with van der Waals surface area (Å²) in [7, 11) is -3.43. The van der Waals surface area contributed by atoms with Crippen LogP contribution in [0, 0.1) is 0 Å². The van der Waals surface area contributed by atoms with Crippen molar-refractivity contribution in [3.05, 3.63) is 24.3 Å². The molecule has 0 radical (unpaired) electrons. The molecule has 0 amide bonds. The molecule has 0 bridgehead atoms. The van der Waals surface area contributed by atoms with Gasteiger partial charge >= 0.3 is 5.97 Å². The van der Waals surface area contributed by atoms with E-state index in [1.54, 1.807) is 24.3 Å². The van der Waals surface area contributed by atoms with E-state index in [1.807, 2.05) is 0 Å². The number of carbonyl (C=O) groups is 1. The minimum absolute atomic E-state index is 0.0287. The highest BCUT2D eigenvalue weighted by Crippen LogP contribution is 2.34. The minimum Gasteiger partial charge on any atom is -0.483 e. The topological polar surface area (TPSA) is 94.5 Å². The molecule has 8 nitrogen and oxygen atoms in total. The van der Waals surface area contributed by atoms with Crippen LogP contribution < -0.4 is 9.04 Å². The molecular formula is C13H14N2O6S. The van der Waals surface area contributed by atoms with Gasteiger partial charge in [0.25, 0.3) is 0 Å². The van der Waals surface area contributed by atoms with Crippen LogP contribution in [0.4, 0.5) is 5.69 Å². The Labute approximate surface area is 127 Å². The zero-order chi connectivity index (χ0) is 15.7. The van der Waals surface area contributed by atoms with Gasteiger partial charge in [-0.05, 0) is 17.3 Å². The molecule has 0 saturated carbocycles. The molecule has 0 fully saturated rings. The van der Waals surface area contributed by atoms with Gasteiger partial charge in [-0.2, -0.15) is 0 Å². The molecule has 0 spiro atoms. The Morgan fingerprint density at radius 3 is 2.86 bits per heavy atom. The fourth-order valence-electron chi connectivity index (χ4n) is 2.22. The fourth-order valence-corrected chi connectivity index (χ4v) is 3.17. The van der Waals surface area contributed by atoms with E-state index in [-0.39, 0.29) is 25.5 Å². The number of anilines is 1. The van der Waals surface area contributed by atoms with Crippen molar-refractivity contribution in [1.82, 2.24) is 0 Å². The quantitative estimate of drug-likeness (QED) is 0.750. The number of benzene rings is 1. The smallest absolute Gasteiger partial charge is 0.344 e. The number of rotatable bonds is 3. The van der Waals surface area contributed by atoms with Crippen molar-refractivity contribution in [1.29, 1.82) is 0 Å². The van der Waals surface area contributed by atoms with Crippen LogP contribution in [0.3, 0.4) is 0 Å². The van der Waals surface area contributed by atoms with Crippen molar-refractivity contribution in [3.8, 4) is 5.75 Å². The molecule has 9 heteroatoms. The number of ether oxygens (including phenoxy) is 2. The highest BCUT2D eigenvalue weighted by molar-refractivity contribution is 7.92. The Balaban J connectivity index is 1.74. The van der Waals surface area contributed by atoms with Gasteiger partial charge in [0.05, 0.1) is 18.5 Å². The van der Waals surface area contributed by atoms with E-state index in [9.17, 15) is 13.2 Å². The highest BCUT2D eigenvalue weighted by atomic mass is 32.2. The summed E-state index contributed by atoms with van der Waals surface area (Å²) in [5, 5.41) is 3.47. The Kier molecular flexibility index (Phi) is 3.65. The van der Waals surface area contributed by atoms with Crippen molar-refractivity contribution in [2.75, 3.05) is 23.7 Å². The van der Waals surface area contributed by atoms with Gasteiger partial charge in [0.15, 0.2) is 6.10 Å². The number of nitrogens with zero attached hydrogens (tertiary/aromatic N) is 2. The summed E-state index contributed by atoms with van der Waals surface area (Å²) in [5.74, 6) is 0.148. The van der Waals surface area contributed by atoms with E-state index >= 15 is 0 Å². The first-order valence-corrected chi connectivity index (χ1v) is 8.41.